The summed E-state index contributed by atoms with van der Waals surface area (Å²) in [4.78, 5) is 25.5. The monoisotopic (exact) mass is 919 g/mol. The normalized spacial score (nSPS) is 19.6. The summed E-state index contributed by atoms with van der Waals surface area (Å²) < 4.78 is 22.3. The Kier molecular flexibility index (Phi) is 42.4. The smallest absolute Gasteiger partial charge is 0.306 e. The number of ether oxygens (including phenoxy) is 4. The molecule has 1 fully saturated rings. The van der Waals surface area contributed by atoms with Gasteiger partial charge < -0.3 is 39.4 Å². The van der Waals surface area contributed by atoms with Crippen molar-refractivity contribution in [1.29, 1.82) is 0 Å². The maximum absolute atomic E-state index is 12.9. The van der Waals surface area contributed by atoms with Gasteiger partial charge in [0, 0.05) is 12.8 Å². The minimum absolute atomic E-state index is 0.222. The largest absolute Gasteiger partial charge is 0.462 e. The van der Waals surface area contributed by atoms with E-state index in [4.69, 9.17) is 18.9 Å². The molecule has 0 saturated carbocycles. The number of carbonyl (C=O) groups excluding carboxylic acids is 2. The highest BCUT2D eigenvalue weighted by Gasteiger charge is 2.44. The van der Waals surface area contributed by atoms with Crippen molar-refractivity contribution >= 4 is 11.9 Å². The van der Waals surface area contributed by atoms with Gasteiger partial charge in [-0.25, -0.2) is 0 Å². The van der Waals surface area contributed by atoms with Gasteiger partial charge in [-0.2, -0.15) is 0 Å². The Morgan fingerprint density at radius 2 is 0.862 bits per heavy atom. The van der Waals surface area contributed by atoms with Crippen LogP contribution in [-0.4, -0.2) is 89.0 Å². The number of hydrogen-bond acceptors (Lipinski definition) is 10. The van der Waals surface area contributed by atoms with E-state index >= 15 is 0 Å². The molecule has 1 saturated heterocycles. The summed E-state index contributed by atoms with van der Waals surface area (Å²) in [5.41, 5.74) is 0. The molecule has 1 aliphatic rings. The average molecular weight is 919 g/mol. The van der Waals surface area contributed by atoms with Crippen molar-refractivity contribution in [2.45, 2.75) is 269 Å². The van der Waals surface area contributed by atoms with E-state index < -0.39 is 49.4 Å². The first-order valence-electron chi connectivity index (χ1n) is 26.7. The van der Waals surface area contributed by atoms with Crippen LogP contribution in [0.3, 0.4) is 0 Å². The summed E-state index contributed by atoms with van der Waals surface area (Å²) in [6.45, 7) is 3.40. The lowest BCUT2D eigenvalue weighted by Gasteiger charge is -2.39. The van der Waals surface area contributed by atoms with Crippen LogP contribution in [0, 0.1) is 0 Å². The minimum Gasteiger partial charge on any atom is -0.462 e. The number of aliphatic hydroxyl groups is 4. The SMILES string of the molecule is CCCCC/C=C\C/C=C\CCCCCCCCCC(=O)OCC(COC1OC(CO)C(O)C(O)C1O)OC(=O)CCCCCCCCCCCCC/C=C\C/C=C\CCCCCCC. The fourth-order valence-corrected chi connectivity index (χ4v) is 7.96. The fraction of sp³-hybridized carbons (Fsp3) is 0.818. The molecule has 0 aromatic heterocycles. The zero-order valence-corrected chi connectivity index (χ0v) is 41.5. The Morgan fingerprint density at radius 1 is 0.477 bits per heavy atom. The van der Waals surface area contributed by atoms with Crippen LogP contribution in [0.25, 0.3) is 0 Å². The molecular formula is C55H98O10. The minimum atomic E-state index is -1.60. The van der Waals surface area contributed by atoms with Gasteiger partial charge in [-0.15, -0.1) is 0 Å². The first kappa shape index (κ1) is 60.7. The van der Waals surface area contributed by atoms with Crippen molar-refractivity contribution in [2.24, 2.45) is 0 Å². The number of hydrogen-bond donors (Lipinski definition) is 4. The van der Waals surface area contributed by atoms with E-state index in [-0.39, 0.29) is 32.0 Å². The molecule has 0 amide bonds. The summed E-state index contributed by atoms with van der Waals surface area (Å²) in [7, 11) is 0. The molecule has 0 radical (unpaired) electrons. The fourth-order valence-electron chi connectivity index (χ4n) is 7.96. The highest BCUT2D eigenvalue weighted by Crippen LogP contribution is 2.23. The summed E-state index contributed by atoms with van der Waals surface area (Å²) in [5.74, 6) is -0.813. The average Bonchev–Trinajstić information content (AvgIpc) is 3.30. The van der Waals surface area contributed by atoms with Crippen molar-refractivity contribution in [3.8, 4) is 0 Å². The first-order chi connectivity index (χ1) is 31.8. The van der Waals surface area contributed by atoms with E-state index in [9.17, 15) is 30.0 Å². The first-order valence-corrected chi connectivity index (χ1v) is 26.7. The lowest BCUT2D eigenvalue weighted by molar-refractivity contribution is -0.305. The third-order valence-electron chi connectivity index (χ3n) is 12.2. The molecule has 6 unspecified atom stereocenters. The maximum Gasteiger partial charge on any atom is 0.306 e. The second-order valence-corrected chi connectivity index (χ2v) is 18.3. The van der Waals surface area contributed by atoms with E-state index in [1.165, 1.54) is 135 Å². The van der Waals surface area contributed by atoms with Gasteiger partial charge in [-0.3, -0.25) is 9.59 Å². The van der Waals surface area contributed by atoms with Crippen LogP contribution >= 0.6 is 0 Å². The van der Waals surface area contributed by atoms with E-state index in [0.29, 0.717) is 6.42 Å². The van der Waals surface area contributed by atoms with Crippen LogP contribution in [0.1, 0.15) is 232 Å². The van der Waals surface area contributed by atoms with E-state index in [1.807, 2.05) is 0 Å². The van der Waals surface area contributed by atoms with Gasteiger partial charge in [0.05, 0.1) is 13.2 Å². The van der Waals surface area contributed by atoms with Crippen LogP contribution in [0.5, 0.6) is 0 Å². The molecule has 1 rings (SSSR count). The van der Waals surface area contributed by atoms with Crippen molar-refractivity contribution < 1.29 is 49.0 Å². The summed E-state index contributed by atoms with van der Waals surface area (Å²) in [6, 6.07) is 0. The summed E-state index contributed by atoms with van der Waals surface area (Å²) in [6.07, 6.45) is 48.3. The summed E-state index contributed by atoms with van der Waals surface area (Å²) in [5, 5.41) is 40.2. The number of carbonyl (C=O) groups is 2. The van der Waals surface area contributed by atoms with E-state index in [1.54, 1.807) is 0 Å². The van der Waals surface area contributed by atoms with Crippen LogP contribution in [0.15, 0.2) is 48.6 Å². The van der Waals surface area contributed by atoms with Gasteiger partial charge in [0.1, 0.15) is 31.0 Å². The molecule has 0 spiro atoms. The summed E-state index contributed by atoms with van der Waals surface area (Å²) >= 11 is 0. The highest BCUT2D eigenvalue weighted by atomic mass is 16.7. The van der Waals surface area contributed by atoms with Gasteiger partial charge in [-0.05, 0) is 77.0 Å². The molecule has 0 bridgehead atoms. The van der Waals surface area contributed by atoms with Gasteiger partial charge in [0.15, 0.2) is 12.4 Å². The molecule has 0 aromatic rings. The van der Waals surface area contributed by atoms with Gasteiger partial charge >= 0.3 is 11.9 Å². The quantitative estimate of drug-likeness (QED) is 0.0264. The van der Waals surface area contributed by atoms with Crippen molar-refractivity contribution in [3.63, 3.8) is 0 Å². The van der Waals surface area contributed by atoms with Crippen molar-refractivity contribution in [1.82, 2.24) is 0 Å². The maximum atomic E-state index is 12.9. The second-order valence-electron chi connectivity index (χ2n) is 18.3. The molecule has 1 heterocycles. The molecule has 10 nitrogen and oxygen atoms in total. The Hall–Kier alpha value is -2.34. The van der Waals surface area contributed by atoms with Gasteiger partial charge in [0.2, 0.25) is 0 Å². The lowest BCUT2D eigenvalue weighted by Crippen LogP contribution is -2.59. The van der Waals surface area contributed by atoms with Crippen LogP contribution < -0.4 is 0 Å². The third-order valence-corrected chi connectivity index (χ3v) is 12.2. The predicted octanol–water partition coefficient (Wildman–Crippen LogP) is 12.8. The Balaban J connectivity index is 2.24. The second kappa shape index (κ2) is 45.4. The molecular weight excluding hydrogens is 821 g/mol. The zero-order chi connectivity index (χ0) is 47.3. The van der Waals surface area contributed by atoms with Crippen LogP contribution in [0.4, 0.5) is 0 Å². The number of esters is 2. The highest BCUT2D eigenvalue weighted by molar-refractivity contribution is 5.70. The number of aliphatic hydroxyl groups excluding tert-OH is 4. The van der Waals surface area contributed by atoms with E-state index in [0.717, 1.165) is 64.2 Å². The van der Waals surface area contributed by atoms with Gasteiger partial charge in [0.25, 0.3) is 0 Å². The molecule has 10 heteroatoms. The molecule has 1 aliphatic heterocycles. The Morgan fingerprint density at radius 3 is 1.31 bits per heavy atom. The lowest BCUT2D eigenvalue weighted by atomic mass is 9.99. The Labute approximate surface area is 397 Å². The molecule has 65 heavy (non-hydrogen) atoms. The molecule has 6 atom stereocenters. The predicted molar refractivity (Wildman–Crippen MR) is 265 cm³/mol. The number of allylic oxidation sites excluding steroid dienone is 8. The molecule has 378 valence electrons. The van der Waals surface area contributed by atoms with Crippen molar-refractivity contribution in [3.05, 3.63) is 48.6 Å². The van der Waals surface area contributed by atoms with Crippen LogP contribution in [-0.2, 0) is 28.5 Å². The Bertz CT molecular complexity index is 1200. The van der Waals surface area contributed by atoms with E-state index in [2.05, 4.69) is 62.5 Å². The standard InChI is InChI=1S/C55H98O10/c1-3-5-7-9-11-13-15-17-19-21-22-23-24-25-26-28-30-32-34-36-38-40-42-44-51(58)64-48(47-63-55-54(61)53(60)52(59)49(45-56)65-55)46-62-50(57)43-41-39-37-35-33-31-29-27-20-18-16-14-12-10-8-6-4-2/h12,14-15,17-18,20-22,48-49,52-56,59-61H,3-11,13,16,19,23-47H2,1-2H3/b14-12-,17-15-,20-18-,22-21-. The third kappa shape index (κ3) is 36.4. The molecule has 4 N–H and O–H groups in total. The molecule has 0 aromatic carbocycles. The van der Waals surface area contributed by atoms with Crippen molar-refractivity contribution in [2.75, 3.05) is 19.8 Å². The number of unbranched alkanes of at least 4 members (excludes halogenated alkanes) is 26. The topological polar surface area (TPSA) is 152 Å². The van der Waals surface area contributed by atoms with Gasteiger partial charge in [-0.1, -0.05) is 191 Å². The van der Waals surface area contributed by atoms with Crippen LogP contribution in [0.2, 0.25) is 0 Å². The number of rotatable bonds is 45. The molecule has 0 aliphatic carbocycles. The zero-order valence-electron chi connectivity index (χ0n) is 41.5.